The molecule has 1 aliphatic carbocycles. The minimum absolute atomic E-state index is 0.0498. The molecule has 2 unspecified atom stereocenters. The maximum Gasteiger partial charge on any atom is 0.261 e. The molecular weight excluding hydrogens is 270 g/mol. The van der Waals surface area contributed by atoms with E-state index < -0.39 is 5.60 Å². The Morgan fingerprint density at radius 2 is 2.30 bits per heavy atom. The molecule has 2 N–H and O–H groups in total. The number of aliphatic hydroxyl groups is 1. The van der Waals surface area contributed by atoms with Crippen LogP contribution in [0, 0.1) is 5.92 Å². The molecule has 0 fully saturated rings. The second-order valence-electron chi connectivity index (χ2n) is 6.11. The van der Waals surface area contributed by atoms with E-state index in [1.807, 2.05) is 6.92 Å². The third kappa shape index (κ3) is 3.61. The quantitative estimate of drug-likeness (QED) is 0.876. The lowest BCUT2D eigenvalue weighted by atomic mass is 9.87. The van der Waals surface area contributed by atoms with Crippen molar-refractivity contribution in [3.63, 3.8) is 0 Å². The van der Waals surface area contributed by atoms with Crippen molar-refractivity contribution in [3.8, 4) is 0 Å². The molecule has 112 valence electrons. The van der Waals surface area contributed by atoms with Gasteiger partial charge in [0.05, 0.1) is 10.5 Å². The molecule has 0 bridgehead atoms. The first-order valence-electron chi connectivity index (χ1n) is 7.57. The number of carbonyl (C=O) groups is 1. The standard InChI is InChI=1S/C16H25NO2S/c1-4-11-6-7-13-12(8-11)9-14(20-13)15(18)17-10-16(3,19)5-2/h9,11,19H,4-8,10H2,1-3H3,(H,17,18). The van der Waals surface area contributed by atoms with E-state index in [2.05, 4.69) is 18.3 Å². The van der Waals surface area contributed by atoms with E-state index in [-0.39, 0.29) is 5.91 Å². The summed E-state index contributed by atoms with van der Waals surface area (Å²) in [6.45, 7) is 6.21. The molecule has 0 saturated carbocycles. The van der Waals surface area contributed by atoms with Crippen LogP contribution in [0.15, 0.2) is 6.07 Å². The zero-order valence-electron chi connectivity index (χ0n) is 12.7. The van der Waals surface area contributed by atoms with Crippen molar-refractivity contribution < 1.29 is 9.90 Å². The van der Waals surface area contributed by atoms with Crippen LogP contribution in [0.2, 0.25) is 0 Å². The molecule has 1 heterocycles. The van der Waals surface area contributed by atoms with Gasteiger partial charge < -0.3 is 10.4 Å². The van der Waals surface area contributed by atoms with Crippen molar-refractivity contribution in [2.24, 2.45) is 5.92 Å². The Morgan fingerprint density at radius 1 is 1.55 bits per heavy atom. The van der Waals surface area contributed by atoms with Crippen LogP contribution in [0.1, 0.15) is 60.1 Å². The summed E-state index contributed by atoms with van der Waals surface area (Å²) in [4.78, 5) is 14.3. The molecular formula is C16H25NO2S. The maximum atomic E-state index is 12.2. The van der Waals surface area contributed by atoms with Gasteiger partial charge in [0.15, 0.2) is 0 Å². The van der Waals surface area contributed by atoms with Gasteiger partial charge >= 0.3 is 0 Å². The van der Waals surface area contributed by atoms with Crippen molar-refractivity contribution in [1.82, 2.24) is 5.32 Å². The number of aryl methyl sites for hydroxylation is 1. The van der Waals surface area contributed by atoms with Gasteiger partial charge in [-0.2, -0.15) is 0 Å². The summed E-state index contributed by atoms with van der Waals surface area (Å²) in [6.07, 6.45) is 5.32. The van der Waals surface area contributed by atoms with Crippen LogP contribution in [0.4, 0.5) is 0 Å². The number of hydrogen-bond donors (Lipinski definition) is 2. The molecule has 0 saturated heterocycles. The SMILES string of the molecule is CCC1CCc2sc(C(=O)NCC(C)(O)CC)cc2C1. The van der Waals surface area contributed by atoms with E-state index >= 15 is 0 Å². The first-order chi connectivity index (χ1) is 9.45. The van der Waals surface area contributed by atoms with E-state index in [4.69, 9.17) is 0 Å². The Hall–Kier alpha value is -0.870. The third-order valence-corrected chi connectivity index (χ3v) is 5.61. The lowest BCUT2D eigenvalue weighted by Crippen LogP contribution is -2.39. The molecule has 1 amide bonds. The first-order valence-corrected chi connectivity index (χ1v) is 8.39. The van der Waals surface area contributed by atoms with Gasteiger partial charge in [0.25, 0.3) is 5.91 Å². The lowest BCUT2D eigenvalue weighted by molar-refractivity contribution is 0.0519. The highest BCUT2D eigenvalue weighted by Gasteiger charge is 2.23. The number of rotatable bonds is 5. The van der Waals surface area contributed by atoms with Crippen LogP contribution in [0.25, 0.3) is 0 Å². The normalized spacial score (nSPS) is 21.1. The van der Waals surface area contributed by atoms with Crippen molar-refractivity contribution >= 4 is 17.2 Å². The number of carbonyl (C=O) groups excluding carboxylic acids is 1. The van der Waals surface area contributed by atoms with Gasteiger partial charge in [-0.05, 0) is 50.2 Å². The first kappa shape index (κ1) is 15.5. The van der Waals surface area contributed by atoms with Crippen LogP contribution < -0.4 is 5.32 Å². The Balaban J connectivity index is 2.00. The Labute approximate surface area is 125 Å². The Kier molecular flexibility index (Phi) is 4.86. The van der Waals surface area contributed by atoms with Gasteiger partial charge in [0.2, 0.25) is 0 Å². The highest BCUT2D eigenvalue weighted by molar-refractivity contribution is 7.14. The van der Waals surface area contributed by atoms with Crippen LogP contribution in [-0.2, 0) is 12.8 Å². The Morgan fingerprint density at radius 3 is 2.95 bits per heavy atom. The molecule has 1 aromatic rings. The van der Waals surface area contributed by atoms with Gasteiger partial charge in [-0.1, -0.05) is 20.3 Å². The van der Waals surface area contributed by atoms with Crippen LogP contribution in [0.3, 0.4) is 0 Å². The van der Waals surface area contributed by atoms with Gasteiger partial charge in [-0.25, -0.2) is 0 Å². The van der Waals surface area contributed by atoms with Crippen molar-refractivity contribution in [3.05, 3.63) is 21.4 Å². The summed E-state index contributed by atoms with van der Waals surface area (Å²) < 4.78 is 0. The molecule has 4 heteroatoms. The molecule has 0 aromatic carbocycles. The second-order valence-corrected chi connectivity index (χ2v) is 7.25. The average molecular weight is 295 g/mol. The van der Waals surface area contributed by atoms with E-state index in [0.29, 0.717) is 13.0 Å². The molecule has 0 aliphatic heterocycles. The van der Waals surface area contributed by atoms with Gasteiger partial charge in [-0.15, -0.1) is 11.3 Å². The van der Waals surface area contributed by atoms with E-state index in [0.717, 1.165) is 23.6 Å². The number of thiophene rings is 1. The van der Waals surface area contributed by atoms with Gasteiger partial charge in [0.1, 0.15) is 0 Å². The van der Waals surface area contributed by atoms with E-state index in [1.165, 1.54) is 23.3 Å². The molecule has 2 rings (SSSR count). The molecule has 1 aromatic heterocycles. The molecule has 1 aliphatic rings. The van der Waals surface area contributed by atoms with Crippen molar-refractivity contribution in [2.45, 2.75) is 58.5 Å². The molecule has 0 radical (unpaired) electrons. The monoisotopic (exact) mass is 295 g/mol. The maximum absolute atomic E-state index is 12.2. The number of amides is 1. The summed E-state index contributed by atoms with van der Waals surface area (Å²) in [6, 6.07) is 2.05. The summed E-state index contributed by atoms with van der Waals surface area (Å²) in [7, 11) is 0. The summed E-state index contributed by atoms with van der Waals surface area (Å²) in [5, 5.41) is 12.8. The summed E-state index contributed by atoms with van der Waals surface area (Å²) in [5.41, 5.74) is 0.542. The molecule has 2 atom stereocenters. The smallest absolute Gasteiger partial charge is 0.261 e. The van der Waals surface area contributed by atoms with Gasteiger partial charge in [0, 0.05) is 11.4 Å². The van der Waals surface area contributed by atoms with Crippen molar-refractivity contribution in [2.75, 3.05) is 6.54 Å². The number of nitrogens with one attached hydrogen (secondary N) is 1. The molecule has 3 nitrogen and oxygen atoms in total. The fraction of sp³-hybridized carbons (Fsp3) is 0.688. The predicted octanol–water partition coefficient (Wildman–Crippen LogP) is 3.15. The number of fused-ring (bicyclic) bond motifs is 1. The zero-order valence-corrected chi connectivity index (χ0v) is 13.5. The molecule has 0 spiro atoms. The lowest BCUT2D eigenvalue weighted by Gasteiger charge is -2.21. The van der Waals surface area contributed by atoms with Crippen molar-refractivity contribution in [1.29, 1.82) is 0 Å². The molecule has 20 heavy (non-hydrogen) atoms. The van der Waals surface area contributed by atoms with E-state index in [9.17, 15) is 9.90 Å². The highest BCUT2D eigenvalue weighted by Crippen LogP contribution is 2.33. The fourth-order valence-corrected chi connectivity index (χ4v) is 3.67. The topological polar surface area (TPSA) is 49.3 Å². The third-order valence-electron chi connectivity index (χ3n) is 4.38. The predicted molar refractivity (Wildman–Crippen MR) is 83.4 cm³/mol. The second kappa shape index (κ2) is 6.27. The fourth-order valence-electron chi connectivity index (χ4n) is 2.54. The largest absolute Gasteiger partial charge is 0.388 e. The Bertz CT molecular complexity index is 479. The zero-order chi connectivity index (χ0) is 14.8. The summed E-state index contributed by atoms with van der Waals surface area (Å²) >= 11 is 1.62. The van der Waals surface area contributed by atoms with Crippen LogP contribution >= 0.6 is 11.3 Å². The van der Waals surface area contributed by atoms with Crippen LogP contribution in [0.5, 0.6) is 0 Å². The van der Waals surface area contributed by atoms with Crippen LogP contribution in [-0.4, -0.2) is 23.2 Å². The van der Waals surface area contributed by atoms with Gasteiger partial charge in [-0.3, -0.25) is 4.79 Å². The van der Waals surface area contributed by atoms with E-state index in [1.54, 1.807) is 18.3 Å². The highest BCUT2D eigenvalue weighted by atomic mass is 32.1. The summed E-state index contributed by atoms with van der Waals surface area (Å²) in [5.74, 6) is 0.722. The minimum atomic E-state index is -0.820. The average Bonchev–Trinajstić information content (AvgIpc) is 2.87. The minimum Gasteiger partial charge on any atom is -0.388 e. The number of hydrogen-bond acceptors (Lipinski definition) is 3.